The third kappa shape index (κ3) is 5.36. The van der Waals surface area contributed by atoms with Crippen LogP contribution in [0, 0.1) is 0 Å². The van der Waals surface area contributed by atoms with E-state index in [1.165, 1.54) is 4.90 Å². The van der Waals surface area contributed by atoms with E-state index in [0.29, 0.717) is 0 Å². The summed E-state index contributed by atoms with van der Waals surface area (Å²) in [5, 5.41) is 12.8. The van der Waals surface area contributed by atoms with Crippen LogP contribution in [0.15, 0.2) is 0 Å². The van der Waals surface area contributed by atoms with E-state index in [-0.39, 0.29) is 6.54 Å². The average molecular weight is 316 g/mol. The van der Waals surface area contributed by atoms with Gasteiger partial charge in [-0.2, -0.15) is 0 Å². The summed E-state index contributed by atoms with van der Waals surface area (Å²) in [6.07, 6.45) is -2.00. The largest absolute Gasteiger partial charge is 0.444 e. The summed E-state index contributed by atoms with van der Waals surface area (Å²) in [4.78, 5) is 25.3. The lowest BCUT2D eigenvalue weighted by Crippen LogP contribution is -2.45. The zero-order chi connectivity index (χ0) is 17.3. The second kappa shape index (κ2) is 6.32. The molecule has 1 heterocycles. The molecule has 1 saturated heterocycles. The Labute approximate surface area is 131 Å². The number of carbonyl (C=O) groups is 2. The Morgan fingerprint density at radius 2 is 1.59 bits per heavy atom. The molecule has 0 saturated carbocycles. The van der Waals surface area contributed by atoms with Gasteiger partial charge in [0.05, 0.1) is 18.2 Å². The molecule has 0 aromatic rings. The lowest BCUT2D eigenvalue weighted by atomic mass is 10.1. The van der Waals surface area contributed by atoms with Crippen molar-refractivity contribution in [2.75, 3.05) is 6.54 Å². The van der Waals surface area contributed by atoms with Gasteiger partial charge in [-0.1, -0.05) is 0 Å². The minimum atomic E-state index is -0.875. The average Bonchev–Trinajstić information content (AvgIpc) is 2.52. The third-order valence-electron chi connectivity index (χ3n) is 3.12. The van der Waals surface area contributed by atoms with Gasteiger partial charge in [0, 0.05) is 6.54 Å². The van der Waals surface area contributed by atoms with Crippen LogP contribution in [0.2, 0.25) is 0 Å². The van der Waals surface area contributed by atoms with Crippen molar-refractivity contribution >= 4 is 12.2 Å². The first-order valence-corrected chi connectivity index (χ1v) is 7.47. The highest BCUT2D eigenvalue weighted by Gasteiger charge is 2.43. The molecule has 0 radical (unpaired) electrons. The first kappa shape index (κ1) is 18.5. The van der Waals surface area contributed by atoms with Crippen molar-refractivity contribution in [2.24, 2.45) is 0 Å². The molecular formula is C15H28N2O5. The summed E-state index contributed by atoms with van der Waals surface area (Å²) in [5.41, 5.74) is -1.23. The molecule has 3 unspecified atom stereocenters. The standard InChI is InChI=1S/C15H28N2O5/c1-9-11(18)10(16-12(19)21-14(2,3)4)8-17(9)13(20)22-15(5,6)7/h9-11,18H,8H2,1-7H3,(H,16,19). The van der Waals surface area contributed by atoms with E-state index >= 15 is 0 Å². The van der Waals surface area contributed by atoms with E-state index in [1.807, 2.05) is 0 Å². The maximum Gasteiger partial charge on any atom is 0.410 e. The van der Waals surface area contributed by atoms with Crippen molar-refractivity contribution < 1.29 is 24.2 Å². The van der Waals surface area contributed by atoms with Crippen LogP contribution in [0.3, 0.4) is 0 Å². The van der Waals surface area contributed by atoms with E-state index in [9.17, 15) is 14.7 Å². The van der Waals surface area contributed by atoms with E-state index in [0.717, 1.165) is 0 Å². The molecule has 2 N–H and O–H groups in total. The molecule has 1 aliphatic heterocycles. The normalized spacial score (nSPS) is 25.8. The molecule has 0 bridgehead atoms. The van der Waals surface area contributed by atoms with Gasteiger partial charge in [-0.05, 0) is 48.5 Å². The Bertz CT molecular complexity index is 425. The van der Waals surface area contributed by atoms with Crippen LogP contribution in [-0.4, -0.2) is 58.1 Å². The molecule has 7 nitrogen and oxygen atoms in total. The number of aliphatic hydroxyl groups excluding tert-OH is 1. The zero-order valence-corrected chi connectivity index (χ0v) is 14.5. The van der Waals surface area contributed by atoms with Crippen LogP contribution >= 0.6 is 0 Å². The van der Waals surface area contributed by atoms with E-state index in [2.05, 4.69) is 5.32 Å². The number of rotatable bonds is 1. The topological polar surface area (TPSA) is 88.1 Å². The number of likely N-dealkylation sites (tertiary alicyclic amines) is 1. The molecule has 0 aromatic heterocycles. The molecule has 0 spiro atoms. The number of ether oxygens (including phenoxy) is 2. The molecule has 0 aromatic carbocycles. The molecular weight excluding hydrogens is 288 g/mol. The zero-order valence-electron chi connectivity index (χ0n) is 14.5. The number of hydrogen-bond donors (Lipinski definition) is 2. The molecule has 1 fully saturated rings. The summed E-state index contributed by atoms with van der Waals surface area (Å²) < 4.78 is 10.5. The molecule has 3 atom stereocenters. The number of carbonyl (C=O) groups excluding carboxylic acids is 2. The summed E-state index contributed by atoms with van der Waals surface area (Å²) >= 11 is 0. The Kier molecular flexibility index (Phi) is 5.33. The molecule has 0 aliphatic carbocycles. The van der Waals surface area contributed by atoms with Gasteiger partial charge in [0.15, 0.2) is 0 Å². The van der Waals surface area contributed by atoms with E-state index in [1.54, 1.807) is 48.5 Å². The first-order valence-electron chi connectivity index (χ1n) is 7.47. The molecule has 128 valence electrons. The second-order valence-electron chi connectivity index (χ2n) is 7.62. The lowest BCUT2D eigenvalue weighted by molar-refractivity contribution is 0.0177. The summed E-state index contributed by atoms with van der Waals surface area (Å²) in [6.45, 7) is 12.5. The number of hydrogen-bond acceptors (Lipinski definition) is 5. The monoisotopic (exact) mass is 316 g/mol. The van der Waals surface area contributed by atoms with Crippen molar-refractivity contribution in [3.05, 3.63) is 0 Å². The molecule has 1 rings (SSSR count). The van der Waals surface area contributed by atoms with Gasteiger partial charge >= 0.3 is 12.2 Å². The molecule has 1 aliphatic rings. The summed E-state index contributed by atoms with van der Waals surface area (Å²) in [6, 6.07) is -1.04. The van der Waals surface area contributed by atoms with Crippen LogP contribution in [0.1, 0.15) is 48.5 Å². The Morgan fingerprint density at radius 3 is 2.05 bits per heavy atom. The number of alkyl carbamates (subject to hydrolysis) is 1. The van der Waals surface area contributed by atoms with Crippen molar-refractivity contribution in [3.8, 4) is 0 Å². The van der Waals surface area contributed by atoms with Gasteiger partial charge in [-0.15, -0.1) is 0 Å². The van der Waals surface area contributed by atoms with Gasteiger partial charge < -0.3 is 24.8 Å². The van der Waals surface area contributed by atoms with Crippen molar-refractivity contribution in [1.29, 1.82) is 0 Å². The molecule has 2 amide bonds. The quantitative estimate of drug-likeness (QED) is 0.771. The summed E-state index contributed by atoms with van der Waals surface area (Å²) in [5.74, 6) is 0. The number of aliphatic hydroxyl groups is 1. The van der Waals surface area contributed by atoms with Crippen molar-refractivity contribution in [1.82, 2.24) is 10.2 Å². The Morgan fingerprint density at radius 1 is 1.09 bits per heavy atom. The predicted octanol–water partition coefficient (Wildman–Crippen LogP) is 1.88. The van der Waals surface area contributed by atoms with Crippen LogP contribution < -0.4 is 5.32 Å². The highest BCUT2D eigenvalue weighted by atomic mass is 16.6. The smallest absolute Gasteiger partial charge is 0.410 e. The second-order valence-corrected chi connectivity index (χ2v) is 7.62. The lowest BCUT2D eigenvalue weighted by Gasteiger charge is -2.27. The molecule has 22 heavy (non-hydrogen) atoms. The SMILES string of the molecule is CC1C(O)C(NC(=O)OC(C)(C)C)CN1C(=O)OC(C)(C)C. The number of nitrogens with zero attached hydrogens (tertiary/aromatic N) is 1. The first-order chi connectivity index (χ1) is 9.80. The van der Waals surface area contributed by atoms with Crippen LogP contribution in [0.5, 0.6) is 0 Å². The van der Waals surface area contributed by atoms with Gasteiger partial charge in [0.25, 0.3) is 0 Å². The van der Waals surface area contributed by atoms with E-state index < -0.39 is 41.6 Å². The third-order valence-corrected chi connectivity index (χ3v) is 3.12. The fourth-order valence-corrected chi connectivity index (χ4v) is 2.16. The van der Waals surface area contributed by atoms with E-state index in [4.69, 9.17) is 9.47 Å². The maximum atomic E-state index is 12.1. The summed E-state index contributed by atoms with van der Waals surface area (Å²) in [7, 11) is 0. The Hall–Kier alpha value is -1.50. The number of amides is 2. The van der Waals surface area contributed by atoms with Gasteiger partial charge in [0.2, 0.25) is 0 Å². The van der Waals surface area contributed by atoms with Crippen molar-refractivity contribution in [2.45, 2.75) is 77.9 Å². The van der Waals surface area contributed by atoms with Crippen LogP contribution in [-0.2, 0) is 9.47 Å². The minimum absolute atomic E-state index is 0.177. The maximum absolute atomic E-state index is 12.1. The Balaban J connectivity index is 2.66. The van der Waals surface area contributed by atoms with Crippen LogP contribution in [0.25, 0.3) is 0 Å². The fourth-order valence-electron chi connectivity index (χ4n) is 2.16. The van der Waals surface area contributed by atoms with Gasteiger partial charge in [-0.25, -0.2) is 9.59 Å². The van der Waals surface area contributed by atoms with Crippen LogP contribution in [0.4, 0.5) is 9.59 Å². The van der Waals surface area contributed by atoms with Gasteiger partial charge in [0.1, 0.15) is 11.2 Å². The highest BCUT2D eigenvalue weighted by Crippen LogP contribution is 2.22. The predicted molar refractivity (Wildman–Crippen MR) is 81.6 cm³/mol. The molecule has 7 heteroatoms. The van der Waals surface area contributed by atoms with Gasteiger partial charge in [-0.3, -0.25) is 0 Å². The number of nitrogens with one attached hydrogen (secondary N) is 1. The minimum Gasteiger partial charge on any atom is -0.444 e. The fraction of sp³-hybridized carbons (Fsp3) is 0.867. The highest BCUT2D eigenvalue weighted by molar-refractivity contribution is 5.71. The van der Waals surface area contributed by atoms with Crippen molar-refractivity contribution in [3.63, 3.8) is 0 Å².